The van der Waals surface area contributed by atoms with Crippen LogP contribution in [0, 0.1) is 6.92 Å². The van der Waals surface area contributed by atoms with E-state index in [1.807, 2.05) is 38.1 Å². The van der Waals surface area contributed by atoms with Gasteiger partial charge in [-0.1, -0.05) is 25.1 Å². The van der Waals surface area contributed by atoms with Gasteiger partial charge >= 0.3 is 5.69 Å². The molecule has 1 aromatic heterocycles. The smallest absolute Gasteiger partial charge is 0.282 e. The molecule has 1 heterocycles. The summed E-state index contributed by atoms with van der Waals surface area (Å²) in [4.78, 5) is 20.4. The molecule has 100 valence electrons. The highest BCUT2D eigenvalue weighted by atomic mass is 16.1. The predicted octanol–water partition coefficient (Wildman–Crippen LogP) is 0.808. The van der Waals surface area contributed by atoms with Gasteiger partial charge in [0.25, 0.3) is 0 Å². The Balaban J connectivity index is 2.71. The van der Waals surface area contributed by atoms with Gasteiger partial charge in [0.2, 0.25) is 5.95 Å². The molecule has 0 bridgehead atoms. The van der Waals surface area contributed by atoms with Crippen molar-refractivity contribution < 1.29 is 0 Å². The van der Waals surface area contributed by atoms with Crippen LogP contribution in [0.25, 0.3) is 5.69 Å². The van der Waals surface area contributed by atoms with E-state index in [0.29, 0.717) is 12.2 Å². The fourth-order valence-corrected chi connectivity index (χ4v) is 1.89. The molecule has 6 heteroatoms. The van der Waals surface area contributed by atoms with Crippen molar-refractivity contribution in [3.05, 3.63) is 46.1 Å². The Morgan fingerprint density at radius 3 is 2.58 bits per heavy atom. The Hall–Kier alpha value is -2.21. The van der Waals surface area contributed by atoms with Crippen LogP contribution in [0.1, 0.15) is 18.3 Å². The van der Waals surface area contributed by atoms with E-state index in [1.165, 1.54) is 9.58 Å². The van der Waals surface area contributed by atoms with E-state index in [1.54, 1.807) is 7.05 Å². The number of para-hydroxylation sites is 1. The summed E-state index contributed by atoms with van der Waals surface area (Å²) in [5.74, 6) is 6.45. The average molecular weight is 259 g/mol. The van der Waals surface area contributed by atoms with Gasteiger partial charge in [-0.15, -0.1) is 0 Å². The highest BCUT2D eigenvalue weighted by Gasteiger charge is 2.13. The van der Waals surface area contributed by atoms with Crippen molar-refractivity contribution in [1.82, 2.24) is 14.5 Å². The highest BCUT2D eigenvalue weighted by molar-refractivity contribution is 5.41. The third kappa shape index (κ3) is 2.48. The number of aromatic nitrogens is 3. The molecule has 2 N–H and O–H groups in total. The summed E-state index contributed by atoms with van der Waals surface area (Å²) in [7, 11) is 1.60. The van der Waals surface area contributed by atoms with Gasteiger partial charge in [0.05, 0.1) is 5.69 Å². The van der Waals surface area contributed by atoms with Gasteiger partial charge in [0.15, 0.2) is 0 Å². The number of hydrazine groups is 1. The summed E-state index contributed by atoms with van der Waals surface area (Å²) < 4.78 is 1.53. The number of nitrogens with two attached hydrogens (primary N) is 1. The number of hydrogen-bond acceptors (Lipinski definition) is 5. The molecule has 6 nitrogen and oxygen atoms in total. The maximum atomic E-state index is 12.2. The summed E-state index contributed by atoms with van der Waals surface area (Å²) in [6.45, 7) is 3.89. The Bertz CT molecular complexity index is 648. The van der Waals surface area contributed by atoms with Gasteiger partial charge in [-0.2, -0.15) is 9.97 Å². The monoisotopic (exact) mass is 259 g/mol. The minimum Gasteiger partial charge on any atom is -0.282 e. The molecule has 0 saturated carbocycles. The summed E-state index contributed by atoms with van der Waals surface area (Å²) in [5, 5.41) is 1.24. The van der Waals surface area contributed by atoms with E-state index >= 15 is 0 Å². The first-order valence-corrected chi connectivity index (χ1v) is 6.09. The largest absolute Gasteiger partial charge is 0.356 e. The van der Waals surface area contributed by atoms with Gasteiger partial charge in [-0.05, 0) is 18.6 Å². The lowest BCUT2D eigenvalue weighted by atomic mass is 10.2. The third-order valence-electron chi connectivity index (χ3n) is 2.86. The van der Waals surface area contributed by atoms with Crippen LogP contribution in [0.2, 0.25) is 0 Å². The molecule has 1 aromatic carbocycles. The van der Waals surface area contributed by atoms with Crippen molar-refractivity contribution in [1.29, 1.82) is 0 Å². The van der Waals surface area contributed by atoms with Crippen LogP contribution in [-0.2, 0) is 6.42 Å². The fourth-order valence-electron chi connectivity index (χ4n) is 1.89. The molecule has 0 aliphatic carbocycles. The fraction of sp³-hybridized carbons (Fsp3) is 0.308. The van der Waals surface area contributed by atoms with Crippen LogP contribution >= 0.6 is 0 Å². The van der Waals surface area contributed by atoms with Crippen molar-refractivity contribution in [2.45, 2.75) is 20.3 Å². The number of nitrogens with zero attached hydrogens (tertiary/aromatic N) is 4. The van der Waals surface area contributed by atoms with Gasteiger partial charge in [-0.25, -0.2) is 15.2 Å². The normalized spacial score (nSPS) is 10.5. The SMILES string of the molecule is CCc1nc(N(C)N)nc(=O)n1-c1ccccc1C. The molecule has 0 unspecified atom stereocenters. The van der Waals surface area contributed by atoms with E-state index in [2.05, 4.69) is 9.97 Å². The van der Waals surface area contributed by atoms with Crippen molar-refractivity contribution in [3.8, 4) is 5.69 Å². The standard InChI is InChI=1S/C13H17N5O/c1-4-11-15-12(17(3)14)16-13(19)18(11)10-8-6-5-7-9(10)2/h5-8H,4,14H2,1-3H3. The summed E-state index contributed by atoms with van der Waals surface area (Å²) in [6, 6.07) is 7.64. The number of rotatable bonds is 3. The minimum atomic E-state index is -0.367. The molecule has 0 saturated heterocycles. The topological polar surface area (TPSA) is 77.0 Å². The highest BCUT2D eigenvalue weighted by Crippen LogP contribution is 2.13. The molecule has 0 spiro atoms. The van der Waals surface area contributed by atoms with Crippen molar-refractivity contribution in [3.63, 3.8) is 0 Å². The quantitative estimate of drug-likeness (QED) is 0.652. The van der Waals surface area contributed by atoms with Gasteiger partial charge in [-0.3, -0.25) is 5.01 Å². The zero-order chi connectivity index (χ0) is 14.0. The van der Waals surface area contributed by atoms with E-state index in [0.717, 1.165) is 11.3 Å². The van der Waals surface area contributed by atoms with Crippen LogP contribution in [0.3, 0.4) is 0 Å². The zero-order valence-electron chi connectivity index (χ0n) is 11.3. The maximum absolute atomic E-state index is 12.2. The van der Waals surface area contributed by atoms with Crippen LogP contribution < -0.4 is 16.5 Å². The van der Waals surface area contributed by atoms with Crippen LogP contribution in [0.5, 0.6) is 0 Å². The minimum absolute atomic E-state index is 0.228. The lowest BCUT2D eigenvalue weighted by Crippen LogP contribution is -2.34. The molecule has 0 radical (unpaired) electrons. The van der Waals surface area contributed by atoms with E-state index in [-0.39, 0.29) is 11.6 Å². The van der Waals surface area contributed by atoms with E-state index in [9.17, 15) is 4.79 Å². The number of aryl methyl sites for hydroxylation is 2. The second kappa shape index (κ2) is 5.19. The lowest BCUT2D eigenvalue weighted by Gasteiger charge is -2.15. The molecular formula is C13H17N5O. The molecule has 19 heavy (non-hydrogen) atoms. The third-order valence-corrected chi connectivity index (χ3v) is 2.86. The summed E-state index contributed by atoms with van der Waals surface area (Å²) >= 11 is 0. The number of hydrogen-bond donors (Lipinski definition) is 1. The molecule has 2 rings (SSSR count). The molecular weight excluding hydrogens is 242 g/mol. The van der Waals surface area contributed by atoms with E-state index < -0.39 is 0 Å². The Labute approximate surface area is 111 Å². The van der Waals surface area contributed by atoms with Gasteiger partial charge in [0, 0.05) is 13.5 Å². The predicted molar refractivity (Wildman–Crippen MR) is 74.3 cm³/mol. The van der Waals surface area contributed by atoms with Crippen molar-refractivity contribution in [2.75, 3.05) is 12.1 Å². The number of anilines is 1. The zero-order valence-corrected chi connectivity index (χ0v) is 11.3. The summed E-state index contributed by atoms with van der Waals surface area (Å²) in [6.07, 6.45) is 0.618. The Morgan fingerprint density at radius 1 is 1.32 bits per heavy atom. The first kappa shape index (κ1) is 13.2. The molecule has 0 amide bonds. The van der Waals surface area contributed by atoms with Crippen LogP contribution in [0.4, 0.5) is 5.95 Å². The molecule has 0 aliphatic heterocycles. The second-order valence-corrected chi connectivity index (χ2v) is 4.31. The second-order valence-electron chi connectivity index (χ2n) is 4.31. The van der Waals surface area contributed by atoms with E-state index in [4.69, 9.17) is 5.84 Å². The van der Waals surface area contributed by atoms with Gasteiger partial charge < -0.3 is 0 Å². The molecule has 0 atom stereocenters. The molecule has 0 fully saturated rings. The first-order chi connectivity index (χ1) is 9.04. The van der Waals surface area contributed by atoms with Crippen LogP contribution in [0.15, 0.2) is 29.1 Å². The maximum Gasteiger partial charge on any atom is 0.356 e. The van der Waals surface area contributed by atoms with Crippen molar-refractivity contribution >= 4 is 5.95 Å². The average Bonchev–Trinajstić information content (AvgIpc) is 2.39. The van der Waals surface area contributed by atoms with Gasteiger partial charge in [0.1, 0.15) is 5.82 Å². The molecule has 2 aromatic rings. The van der Waals surface area contributed by atoms with Crippen LogP contribution in [-0.4, -0.2) is 21.6 Å². The number of benzene rings is 1. The van der Waals surface area contributed by atoms with Crippen molar-refractivity contribution in [2.24, 2.45) is 5.84 Å². The Morgan fingerprint density at radius 2 is 2.00 bits per heavy atom. The lowest BCUT2D eigenvalue weighted by molar-refractivity contribution is 0.746. The first-order valence-electron chi connectivity index (χ1n) is 6.09. The Kier molecular flexibility index (Phi) is 3.62. The molecule has 0 aliphatic rings. The summed E-state index contributed by atoms with van der Waals surface area (Å²) in [5.41, 5.74) is 1.43.